The molecule has 7 nitrogen and oxygen atoms in total. The Morgan fingerprint density at radius 1 is 1.21 bits per heavy atom. The van der Waals surface area contributed by atoms with E-state index in [1.165, 1.54) is 0 Å². The number of alkyl carbamates (subject to hydrolysis) is 1. The van der Waals surface area contributed by atoms with Gasteiger partial charge in [-0.15, -0.1) is 0 Å². The summed E-state index contributed by atoms with van der Waals surface area (Å²) in [6.45, 7) is 9.39. The van der Waals surface area contributed by atoms with Gasteiger partial charge in [0.25, 0.3) is 5.88 Å². The molecule has 2 heterocycles. The normalized spacial score (nSPS) is 17.4. The van der Waals surface area contributed by atoms with Crippen LogP contribution in [-0.4, -0.2) is 47.4 Å². The summed E-state index contributed by atoms with van der Waals surface area (Å²) in [5, 5.41) is 2.91. The highest BCUT2D eigenvalue weighted by Crippen LogP contribution is 2.31. The maximum absolute atomic E-state index is 12.1. The second-order valence-corrected chi connectivity index (χ2v) is 8.00. The third-order valence-electron chi connectivity index (χ3n) is 4.58. The number of carbonyl (C=O) groups excluding carboxylic acids is 1. The first kappa shape index (κ1) is 20.2. The molecule has 1 aliphatic rings. The standard InChI is InChI=1S/C21H30N4O3/c1-5-27-19-18(23-16-11-6-7-12-17(16)24-19)25-13-9-8-10-15(25)14-22-20(26)28-21(2,3)4/h6-7,11-12,15H,5,8-10,13-14H2,1-4H3,(H,22,26). The number of amides is 1. The summed E-state index contributed by atoms with van der Waals surface area (Å²) < 4.78 is 11.2. The number of nitrogens with zero attached hydrogens (tertiary/aromatic N) is 3. The van der Waals surface area contributed by atoms with Crippen LogP contribution < -0.4 is 15.0 Å². The van der Waals surface area contributed by atoms with E-state index in [-0.39, 0.29) is 6.04 Å². The zero-order valence-corrected chi connectivity index (χ0v) is 17.2. The fourth-order valence-electron chi connectivity index (χ4n) is 3.40. The second-order valence-electron chi connectivity index (χ2n) is 8.00. The van der Waals surface area contributed by atoms with Gasteiger partial charge in [-0.05, 0) is 59.1 Å². The van der Waals surface area contributed by atoms with Gasteiger partial charge in [-0.1, -0.05) is 12.1 Å². The van der Waals surface area contributed by atoms with E-state index in [9.17, 15) is 4.79 Å². The van der Waals surface area contributed by atoms with E-state index in [2.05, 4.69) is 15.2 Å². The van der Waals surface area contributed by atoms with Crippen LogP contribution in [0.3, 0.4) is 0 Å². The number of para-hydroxylation sites is 2. The molecule has 1 amide bonds. The molecule has 1 aromatic heterocycles. The number of hydrogen-bond donors (Lipinski definition) is 1. The number of benzene rings is 1. The van der Waals surface area contributed by atoms with E-state index in [1.54, 1.807) is 0 Å². The van der Waals surface area contributed by atoms with Crippen molar-refractivity contribution >= 4 is 22.9 Å². The molecule has 3 rings (SSSR count). The number of aromatic nitrogens is 2. The van der Waals surface area contributed by atoms with Gasteiger partial charge in [-0.25, -0.2) is 14.8 Å². The number of hydrogen-bond acceptors (Lipinski definition) is 6. The Kier molecular flexibility index (Phi) is 6.21. The van der Waals surface area contributed by atoms with Crippen LogP contribution in [0.5, 0.6) is 5.88 Å². The van der Waals surface area contributed by atoms with Crippen molar-refractivity contribution in [2.75, 3.05) is 24.6 Å². The molecule has 1 unspecified atom stereocenters. The fraction of sp³-hybridized carbons (Fsp3) is 0.571. The molecule has 1 aliphatic heterocycles. The third-order valence-corrected chi connectivity index (χ3v) is 4.58. The Morgan fingerprint density at radius 3 is 2.61 bits per heavy atom. The van der Waals surface area contributed by atoms with Gasteiger partial charge in [-0.2, -0.15) is 0 Å². The number of nitrogens with one attached hydrogen (secondary N) is 1. The van der Waals surface area contributed by atoms with Crippen LogP contribution in [-0.2, 0) is 4.74 Å². The summed E-state index contributed by atoms with van der Waals surface area (Å²) in [7, 11) is 0. The van der Waals surface area contributed by atoms with Crippen LogP contribution in [0.25, 0.3) is 11.0 Å². The lowest BCUT2D eigenvalue weighted by Crippen LogP contribution is -2.48. The topological polar surface area (TPSA) is 76.6 Å². The Hall–Kier alpha value is -2.57. The number of piperidine rings is 1. The molecule has 28 heavy (non-hydrogen) atoms. The monoisotopic (exact) mass is 386 g/mol. The predicted molar refractivity (Wildman–Crippen MR) is 110 cm³/mol. The molecule has 1 N–H and O–H groups in total. The molecule has 0 spiro atoms. The van der Waals surface area contributed by atoms with Crippen LogP contribution in [0, 0.1) is 0 Å². The Labute approximate surface area is 166 Å². The SMILES string of the molecule is CCOc1nc2ccccc2nc1N1CCCCC1CNC(=O)OC(C)(C)C. The number of rotatable bonds is 5. The van der Waals surface area contributed by atoms with E-state index in [0.717, 1.165) is 42.7 Å². The molecular formula is C21H30N4O3. The van der Waals surface area contributed by atoms with Gasteiger partial charge in [0.05, 0.1) is 17.6 Å². The lowest BCUT2D eigenvalue weighted by Gasteiger charge is -2.37. The van der Waals surface area contributed by atoms with Gasteiger partial charge in [0.15, 0.2) is 5.82 Å². The molecule has 7 heteroatoms. The van der Waals surface area contributed by atoms with Gasteiger partial charge in [-0.3, -0.25) is 0 Å². The van der Waals surface area contributed by atoms with Gasteiger partial charge in [0.2, 0.25) is 0 Å². The van der Waals surface area contributed by atoms with Crippen LogP contribution in [0.2, 0.25) is 0 Å². The molecule has 1 atom stereocenters. The maximum Gasteiger partial charge on any atom is 0.407 e. The maximum atomic E-state index is 12.1. The van der Waals surface area contributed by atoms with E-state index in [0.29, 0.717) is 19.0 Å². The Bertz CT molecular complexity index is 819. The van der Waals surface area contributed by atoms with Crippen LogP contribution in [0.15, 0.2) is 24.3 Å². The fourth-order valence-corrected chi connectivity index (χ4v) is 3.40. The first-order valence-corrected chi connectivity index (χ1v) is 10.0. The summed E-state index contributed by atoms with van der Waals surface area (Å²) in [5.74, 6) is 1.29. The predicted octanol–water partition coefficient (Wildman–Crippen LogP) is 3.91. The quantitative estimate of drug-likeness (QED) is 0.839. The lowest BCUT2D eigenvalue weighted by atomic mass is 10.0. The molecule has 2 aromatic rings. The zero-order chi connectivity index (χ0) is 20.1. The van der Waals surface area contributed by atoms with Crippen LogP contribution in [0.4, 0.5) is 10.6 Å². The van der Waals surface area contributed by atoms with Crippen molar-refractivity contribution < 1.29 is 14.3 Å². The highest BCUT2D eigenvalue weighted by molar-refractivity contribution is 5.77. The van der Waals surface area contributed by atoms with Crippen molar-refractivity contribution in [2.24, 2.45) is 0 Å². The number of ether oxygens (including phenoxy) is 2. The summed E-state index contributed by atoms with van der Waals surface area (Å²) in [4.78, 5) is 23.8. The average Bonchev–Trinajstić information content (AvgIpc) is 2.65. The van der Waals surface area contributed by atoms with Gasteiger partial charge in [0, 0.05) is 19.1 Å². The number of carbonyl (C=O) groups is 1. The van der Waals surface area contributed by atoms with E-state index in [1.807, 2.05) is 52.0 Å². The largest absolute Gasteiger partial charge is 0.475 e. The first-order chi connectivity index (χ1) is 13.4. The molecule has 1 aromatic carbocycles. The lowest BCUT2D eigenvalue weighted by molar-refractivity contribution is 0.0523. The summed E-state index contributed by atoms with van der Waals surface area (Å²) in [5.41, 5.74) is 1.14. The molecule has 1 fully saturated rings. The minimum Gasteiger partial charge on any atom is -0.475 e. The molecular weight excluding hydrogens is 356 g/mol. The molecule has 1 saturated heterocycles. The zero-order valence-electron chi connectivity index (χ0n) is 17.2. The summed E-state index contributed by atoms with van der Waals surface area (Å²) >= 11 is 0. The van der Waals surface area contributed by atoms with Crippen molar-refractivity contribution in [3.8, 4) is 5.88 Å². The van der Waals surface area contributed by atoms with Crippen molar-refractivity contribution in [1.82, 2.24) is 15.3 Å². The minimum absolute atomic E-state index is 0.121. The van der Waals surface area contributed by atoms with Crippen LogP contribution >= 0.6 is 0 Å². The molecule has 0 saturated carbocycles. The van der Waals surface area contributed by atoms with Crippen LogP contribution in [0.1, 0.15) is 47.0 Å². The van der Waals surface area contributed by atoms with E-state index < -0.39 is 11.7 Å². The second kappa shape index (κ2) is 8.63. The number of fused-ring (bicyclic) bond motifs is 1. The van der Waals surface area contributed by atoms with Crippen molar-refractivity contribution in [3.63, 3.8) is 0 Å². The van der Waals surface area contributed by atoms with Crippen molar-refractivity contribution in [2.45, 2.75) is 58.6 Å². The number of anilines is 1. The van der Waals surface area contributed by atoms with Gasteiger partial charge < -0.3 is 19.7 Å². The van der Waals surface area contributed by atoms with Gasteiger partial charge in [0.1, 0.15) is 5.60 Å². The molecule has 0 bridgehead atoms. The minimum atomic E-state index is -0.512. The van der Waals surface area contributed by atoms with E-state index >= 15 is 0 Å². The summed E-state index contributed by atoms with van der Waals surface area (Å²) in [6.07, 6.45) is 2.76. The smallest absolute Gasteiger partial charge is 0.407 e. The summed E-state index contributed by atoms with van der Waals surface area (Å²) in [6, 6.07) is 7.92. The van der Waals surface area contributed by atoms with Crippen molar-refractivity contribution in [3.05, 3.63) is 24.3 Å². The highest BCUT2D eigenvalue weighted by Gasteiger charge is 2.28. The molecule has 0 radical (unpaired) electrons. The molecule has 152 valence electrons. The molecule has 0 aliphatic carbocycles. The van der Waals surface area contributed by atoms with Gasteiger partial charge >= 0.3 is 6.09 Å². The average molecular weight is 386 g/mol. The Balaban J connectivity index is 1.83. The Morgan fingerprint density at radius 2 is 1.93 bits per heavy atom. The third kappa shape index (κ3) is 5.03. The highest BCUT2D eigenvalue weighted by atomic mass is 16.6. The first-order valence-electron chi connectivity index (χ1n) is 10.0. The van der Waals surface area contributed by atoms with Crippen molar-refractivity contribution in [1.29, 1.82) is 0 Å². The van der Waals surface area contributed by atoms with E-state index in [4.69, 9.17) is 14.5 Å².